The van der Waals surface area contributed by atoms with Crippen LogP contribution in [0.1, 0.15) is 16.9 Å². The van der Waals surface area contributed by atoms with Gasteiger partial charge in [0.05, 0.1) is 0 Å². The molecule has 0 saturated carbocycles. The summed E-state index contributed by atoms with van der Waals surface area (Å²) >= 11 is 0. The Labute approximate surface area is 153 Å². The predicted molar refractivity (Wildman–Crippen MR) is 91.3 cm³/mol. The van der Waals surface area contributed by atoms with Crippen LogP contribution in [-0.2, 0) is 17.1 Å². The van der Waals surface area contributed by atoms with Crippen LogP contribution in [0.15, 0.2) is 29.3 Å². The van der Waals surface area contributed by atoms with E-state index >= 15 is 0 Å². The van der Waals surface area contributed by atoms with Gasteiger partial charge in [-0.2, -0.15) is 0 Å². The number of benzene rings is 1. The van der Waals surface area contributed by atoms with Gasteiger partial charge in [-0.05, 0) is 25.1 Å². The van der Waals surface area contributed by atoms with Gasteiger partial charge in [-0.3, -0.25) is 4.79 Å². The molecule has 0 unspecified atom stereocenters. The molecule has 0 radical (unpaired) electrons. The van der Waals surface area contributed by atoms with Gasteiger partial charge in [-0.15, -0.1) is 0 Å². The molecule has 1 atom stereocenters. The number of sulfonamides is 1. The lowest BCUT2D eigenvalue weighted by molar-refractivity contribution is 0.101. The van der Waals surface area contributed by atoms with Gasteiger partial charge in [0, 0.05) is 37.6 Å². The summed E-state index contributed by atoms with van der Waals surface area (Å²) in [6.45, 7) is 1.07. The standard InChI is InChI=1S/C16H17F3N4O3S/c1-23-8-13(27(25,26)22-10-4-5-20-7-10)14(19)15(23)16(24)21-9-2-3-11(17)12(18)6-9/h2-3,6,8,10,20,22H,4-5,7H2,1H3,(H,21,24)/t10-/m1/s1. The van der Waals surface area contributed by atoms with Crippen LogP contribution >= 0.6 is 0 Å². The van der Waals surface area contributed by atoms with E-state index in [0.29, 0.717) is 19.5 Å². The first-order valence-corrected chi connectivity index (χ1v) is 9.51. The highest BCUT2D eigenvalue weighted by atomic mass is 32.2. The third-order valence-electron chi connectivity index (χ3n) is 4.15. The van der Waals surface area contributed by atoms with Gasteiger partial charge in [0.2, 0.25) is 10.0 Å². The molecule has 2 aromatic rings. The molecule has 1 amide bonds. The molecule has 3 rings (SSSR count). The minimum absolute atomic E-state index is 0.0981. The lowest BCUT2D eigenvalue weighted by atomic mass is 10.3. The lowest BCUT2D eigenvalue weighted by Gasteiger charge is -2.10. The number of aryl methyl sites for hydroxylation is 1. The average Bonchev–Trinajstić information content (AvgIpc) is 3.18. The fraction of sp³-hybridized carbons (Fsp3) is 0.312. The fourth-order valence-electron chi connectivity index (χ4n) is 2.82. The van der Waals surface area contributed by atoms with Crippen molar-refractivity contribution in [3.63, 3.8) is 0 Å². The highest BCUT2D eigenvalue weighted by molar-refractivity contribution is 7.89. The number of hydrogen-bond acceptors (Lipinski definition) is 4. The first kappa shape index (κ1) is 19.4. The second-order valence-electron chi connectivity index (χ2n) is 6.16. The van der Waals surface area contributed by atoms with Crippen molar-refractivity contribution in [2.75, 3.05) is 18.4 Å². The summed E-state index contributed by atoms with van der Waals surface area (Å²) in [5.41, 5.74) is -0.649. The highest BCUT2D eigenvalue weighted by Gasteiger charge is 2.31. The molecule has 11 heteroatoms. The highest BCUT2D eigenvalue weighted by Crippen LogP contribution is 2.22. The number of aromatic nitrogens is 1. The number of carbonyl (C=O) groups is 1. The first-order valence-electron chi connectivity index (χ1n) is 8.03. The summed E-state index contributed by atoms with van der Waals surface area (Å²) in [5.74, 6) is -4.50. The van der Waals surface area contributed by atoms with E-state index in [1.807, 2.05) is 0 Å². The maximum absolute atomic E-state index is 14.7. The number of hydrogen-bond donors (Lipinski definition) is 3. The molecule has 1 aliphatic rings. The molecular formula is C16H17F3N4O3S. The molecule has 0 spiro atoms. The van der Waals surface area contributed by atoms with Crippen LogP contribution in [0.2, 0.25) is 0 Å². The van der Waals surface area contributed by atoms with E-state index in [0.717, 1.165) is 29.0 Å². The summed E-state index contributed by atoms with van der Waals surface area (Å²) in [7, 11) is -2.87. The van der Waals surface area contributed by atoms with Crippen LogP contribution in [-0.4, -0.2) is 38.0 Å². The number of carbonyl (C=O) groups excluding carboxylic acids is 1. The Morgan fingerprint density at radius 2 is 2.00 bits per heavy atom. The summed E-state index contributed by atoms with van der Waals surface area (Å²) < 4.78 is 69.2. The van der Waals surface area contributed by atoms with Gasteiger partial charge in [-0.25, -0.2) is 26.3 Å². The second-order valence-corrected chi connectivity index (χ2v) is 7.84. The number of amides is 1. The minimum Gasteiger partial charge on any atom is -0.343 e. The molecule has 27 heavy (non-hydrogen) atoms. The molecule has 1 aromatic carbocycles. The molecular weight excluding hydrogens is 385 g/mol. The third kappa shape index (κ3) is 3.99. The molecule has 146 valence electrons. The number of anilines is 1. The van der Waals surface area contributed by atoms with Gasteiger partial charge in [-0.1, -0.05) is 0 Å². The van der Waals surface area contributed by atoms with E-state index in [4.69, 9.17) is 0 Å². The van der Waals surface area contributed by atoms with Gasteiger partial charge in [0.25, 0.3) is 5.91 Å². The SMILES string of the molecule is Cn1cc(S(=O)(=O)N[C@@H]2CCNC2)c(F)c1C(=O)Nc1ccc(F)c(F)c1. The van der Waals surface area contributed by atoms with Crippen molar-refractivity contribution in [1.82, 2.24) is 14.6 Å². The van der Waals surface area contributed by atoms with Crippen molar-refractivity contribution >= 4 is 21.6 Å². The summed E-state index contributed by atoms with van der Waals surface area (Å²) in [6, 6.07) is 2.28. The largest absolute Gasteiger partial charge is 0.343 e. The first-order chi connectivity index (χ1) is 12.7. The Morgan fingerprint density at radius 3 is 2.63 bits per heavy atom. The van der Waals surface area contributed by atoms with E-state index in [-0.39, 0.29) is 11.7 Å². The number of nitrogens with one attached hydrogen (secondary N) is 3. The van der Waals surface area contributed by atoms with Crippen LogP contribution in [0.3, 0.4) is 0 Å². The average molecular weight is 402 g/mol. The normalized spacial score (nSPS) is 17.3. The molecule has 3 N–H and O–H groups in total. The Balaban J connectivity index is 1.86. The number of halogens is 3. The van der Waals surface area contributed by atoms with Crippen LogP contribution in [0.4, 0.5) is 18.9 Å². The summed E-state index contributed by atoms with van der Waals surface area (Å²) in [6.07, 6.45) is 1.55. The molecule has 0 bridgehead atoms. The Kier molecular flexibility index (Phi) is 5.27. The van der Waals surface area contributed by atoms with E-state index in [1.54, 1.807) is 0 Å². The van der Waals surface area contributed by atoms with Gasteiger partial charge < -0.3 is 15.2 Å². The lowest BCUT2D eigenvalue weighted by Crippen LogP contribution is -2.36. The van der Waals surface area contributed by atoms with Crippen LogP contribution < -0.4 is 15.4 Å². The Hall–Kier alpha value is -2.37. The minimum atomic E-state index is -4.17. The van der Waals surface area contributed by atoms with Crippen molar-refractivity contribution in [3.05, 3.63) is 47.5 Å². The number of nitrogens with zero attached hydrogens (tertiary/aromatic N) is 1. The zero-order valence-corrected chi connectivity index (χ0v) is 15.0. The molecule has 1 aliphatic heterocycles. The molecule has 1 saturated heterocycles. The fourth-order valence-corrected chi connectivity index (χ4v) is 4.21. The van der Waals surface area contributed by atoms with Gasteiger partial charge in [0.1, 0.15) is 10.6 Å². The maximum atomic E-state index is 14.7. The smallest absolute Gasteiger partial charge is 0.275 e. The maximum Gasteiger partial charge on any atom is 0.275 e. The molecule has 0 aliphatic carbocycles. The monoisotopic (exact) mass is 402 g/mol. The predicted octanol–water partition coefficient (Wildman–Crippen LogP) is 1.33. The Bertz CT molecular complexity index is 985. The topological polar surface area (TPSA) is 92.2 Å². The Morgan fingerprint density at radius 1 is 1.26 bits per heavy atom. The van der Waals surface area contributed by atoms with Crippen LogP contribution in [0.25, 0.3) is 0 Å². The quantitative estimate of drug-likeness (QED) is 0.704. The van der Waals surface area contributed by atoms with E-state index in [1.165, 1.54) is 7.05 Å². The molecule has 7 nitrogen and oxygen atoms in total. The third-order valence-corrected chi connectivity index (χ3v) is 5.66. The second kappa shape index (κ2) is 7.33. The van der Waals surface area contributed by atoms with Crippen molar-refractivity contribution in [2.24, 2.45) is 7.05 Å². The summed E-state index contributed by atoms with van der Waals surface area (Å²) in [5, 5.41) is 5.20. The molecule has 2 heterocycles. The van der Waals surface area contributed by atoms with Gasteiger partial charge in [0.15, 0.2) is 17.5 Å². The summed E-state index contributed by atoms with van der Waals surface area (Å²) in [4.78, 5) is 11.7. The van der Waals surface area contributed by atoms with Crippen molar-refractivity contribution in [3.8, 4) is 0 Å². The van der Waals surface area contributed by atoms with E-state index in [9.17, 15) is 26.4 Å². The van der Waals surface area contributed by atoms with Crippen molar-refractivity contribution in [2.45, 2.75) is 17.4 Å². The number of rotatable bonds is 5. The zero-order chi connectivity index (χ0) is 19.8. The van der Waals surface area contributed by atoms with Crippen molar-refractivity contribution in [1.29, 1.82) is 0 Å². The van der Waals surface area contributed by atoms with Gasteiger partial charge >= 0.3 is 0 Å². The van der Waals surface area contributed by atoms with Crippen LogP contribution in [0.5, 0.6) is 0 Å². The van der Waals surface area contributed by atoms with E-state index < -0.39 is 44.0 Å². The molecule has 1 fully saturated rings. The molecule has 1 aromatic heterocycles. The van der Waals surface area contributed by atoms with E-state index in [2.05, 4.69) is 15.4 Å². The van der Waals surface area contributed by atoms with Crippen molar-refractivity contribution < 1.29 is 26.4 Å². The zero-order valence-electron chi connectivity index (χ0n) is 14.2. The van der Waals surface area contributed by atoms with Crippen LogP contribution in [0, 0.1) is 17.5 Å².